The molecular formula is C18H15N3. The van der Waals surface area contributed by atoms with Gasteiger partial charge < -0.3 is 4.98 Å². The highest BCUT2D eigenvalue weighted by Gasteiger charge is 2.08. The van der Waals surface area contributed by atoms with Gasteiger partial charge >= 0.3 is 0 Å². The minimum atomic E-state index is 0.823. The predicted octanol–water partition coefficient (Wildman–Crippen LogP) is 4.34. The summed E-state index contributed by atoms with van der Waals surface area (Å²) in [6.07, 6.45) is 0.980. The maximum Gasteiger partial charge on any atom is 0.157 e. The molecule has 3 nitrogen and oxygen atoms in total. The molecule has 1 N–H and O–H groups in total. The first kappa shape index (κ1) is 12.1. The molecule has 0 atom stereocenters. The molecule has 102 valence electrons. The van der Waals surface area contributed by atoms with Crippen LogP contribution in [0.25, 0.3) is 33.5 Å². The Morgan fingerprint density at radius 3 is 2.67 bits per heavy atom. The molecule has 0 aliphatic carbocycles. The first-order chi connectivity index (χ1) is 10.3. The molecule has 3 heteroatoms. The summed E-state index contributed by atoms with van der Waals surface area (Å²) in [5, 5.41) is 1.18. The SMILES string of the molecule is CCc1cccc2ccc(-c3nc4ccccc4[nH]3)nc12. The highest BCUT2D eigenvalue weighted by molar-refractivity contribution is 5.85. The lowest BCUT2D eigenvalue weighted by Gasteiger charge is -2.05. The molecule has 21 heavy (non-hydrogen) atoms. The minimum Gasteiger partial charge on any atom is -0.337 e. The van der Waals surface area contributed by atoms with Crippen LogP contribution in [0.1, 0.15) is 12.5 Å². The lowest BCUT2D eigenvalue weighted by atomic mass is 10.1. The maximum absolute atomic E-state index is 4.82. The number of pyridine rings is 1. The van der Waals surface area contributed by atoms with Crippen LogP contribution in [0.4, 0.5) is 0 Å². The van der Waals surface area contributed by atoms with E-state index in [0.717, 1.165) is 34.5 Å². The molecule has 2 aromatic carbocycles. The molecule has 2 aromatic heterocycles. The zero-order valence-corrected chi connectivity index (χ0v) is 11.8. The standard InChI is InChI=1S/C18H15N3/c1-2-12-6-5-7-13-10-11-16(19-17(12)13)18-20-14-8-3-4-9-15(14)21-18/h3-11H,2H2,1H3,(H,20,21). The Bertz CT molecular complexity index is 904. The molecular weight excluding hydrogens is 258 g/mol. The summed E-state index contributed by atoms with van der Waals surface area (Å²) in [6.45, 7) is 2.16. The summed E-state index contributed by atoms with van der Waals surface area (Å²) < 4.78 is 0. The predicted molar refractivity (Wildman–Crippen MR) is 86.2 cm³/mol. The van der Waals surface area contributed by atoms with Gasteiger partial charge in [-0.15, -0.1) is 0 Å². The zero-order valence-electron chi connectivity index (χ0n) is 11.8. The van der Waals surface area contributed by atoms with Gasteiger partial charge in [-0.05, 0) is 30.2 Å². The van der Waals surface area contributed by atoms with Crippen molar-refractivity contribution in [3.63, 3.8) is 0 Å². The van der Waals surface area contributed by atoms with Gasteiger partial charge in [-0.2, -0.15) is 0 Å². The molecule has 0 saturated heterocycles. The fourth-order valence-electron chi connectivity index (χ4n) is 2.70. The number of aromatic nitrogens is 3. The molecule has 0 aliphatic heterocycles. The molecule has 0 spiro atoms. The van der Waals surface area contributed by atoms with E-state index >= 15 is 0 Å². The fraction of sp³-hybridized carbons (Fsp3) is 0.111. The zero-order chi connectivity index (χ0) is 14.2. The number of aromatic amines is 1. The van der Waals surface area contributed by atoms with E-state index in [-0.39, 0.29) is 0 Å². The van der Waals surface area contributed by atoms with E-state index in [0.29, 0.717) is 0 Å². The van der Waals surface area contributed by atoms with Gasteiger partial charge in [-0.3, -0.25) is 0 Å². The molecule has 4 rings (SSSR count). The first-order valence-corrected chi connectivity index (χ1v) is 7.19. The number of fused-ring (bicyclic) bond motifs is 2. The van der Waals surface area contributed by atoms with Crippen LogP contribution in [0, 0.1) is 0 Å². The number of nitrogens with one attached hydrogen (secondary N) is 1. The van der Waals surface area contributed by atoms with Crippen molar-refractivity contribution in [2.24, 2.45) is 0 Å². The van der Waals surface area contributed by atoms with Crippen molar-refractivity contribution in [2.75, 3.05) is 0 Å². The van der Waals surface area contributed by atoms with Crippen molar-refractivity contribution in [3.8, 4) is 11.5 Å². The fourth-order valence-corrected chi connectivity index (χ4v) is 2.70. The Labute approximate surface area is 122 Å². The number of hydrogen-bond donors (Lipinski definition) is 1. The van der Waals surface area contributed by atoms with Crippen molar-refractivity contribution in [2.45, 2.75) is 13.3 Å². The molecule has 0 unspecified atom stereocenters. The Morgan fingerprint density at radius 2 is 1.81 bits per heavy atom. The highest BCUT2D eigenvalue weighted by Crippen LogP contribution is 2.23. The van der Waals surface area contributed by atoms with Crippen LogP contribution in [-0.2, 0) is 6.42 Å². The third kappa shape index (κ3) is 1.98. The summed E-state index contributed by atoms with van der Waals surface area (Å²) in [5.41, 5.74) is 5.24. The quantitative estimate of drug-likeness (QED) is 0.590. The maximum atomic E-state index is 4.82. The van der Waals surface area contributed by atoms with Gasteiger partial charge in [0.15, 0.2) is 5.82 Å². The average molecular weight is 273 g/mol. The number of imidazole rings is 1. The molecule has 0 aliphatic rings. The van der Waals surface area contributed by atoms with E-state index in [1.807, 2.05) is 30.3 Å². The second kappa shape index (κ2) is 4.70. The van der Waals surface area contributed by atoms with Gasteiger partial charge in [-0.25, -0.2) is 9.97 Å². The van der Waals surface area contributed by atoms with Crippen molar-refractivity contribution >= 4 is 21.9 Å². The molecule has 0 bridgehead atoms. The molecule has 2 heterocycles. The van der Waals surface area contributed by atoms with Gasteiger partial charge in [0.05, 0.1) is 16.6 Å². The number of hydrogen-bond acceptors (Lipinski definition) is 2. The largest absolute Gasteiger partial charge is 0.337 e. The van der Waals surface area contributed by atoms with Crippen molar-refractivity contribution < 1.29 is 0 Å². The topological polar surface area (TPSA) is 41.6 Å². The average Bonchev–Trinajstić information content (AvgIpc) is 2.97. The van der Waals surface area contributed by atoms with Crippen LogP contribution >= 0.6 is 0 Å². The number of para-hydroxylation sites is 3. The van der Waals surface area contributed by atoms with E-state index in [9.17, 15) is 0 Å². The number of benzene rings is 2. The highest BCUT2D eigenvalue weighted by atomic mass is 14.9. The van der Waals surface area contributed by atoms with Crippen LogP contribution < -0.4 is 0 Å². The number of rotatable bonds is 2. The normalized spacial score (nSPS) is 11.3. The lowest BCUT2D eigenvalue weighted by molar-refractivity contribution is 1.14. The number of H-pyrrole nitrogens is 1. The summed E-state index contributed by atoms with van der Waals surface area (Å²) in [6, 6.07) is 18.5. The monoisotopic (exact) mass is 273 g/mol. The van der Waals surface area contributed by atoms with Crippen molar-refractivity contribution in [1.29, 1.82) is 0 Å². The van der Waals surface area contributed by atoms with E-state index in [4.69, 9.17) is 4.98 Å². The molecule has 0 fully saturated rings. The Kier molecular flexibility index (Phi) is 2.71. The smallest absolute Gasteiger partial charge is 0.157 e. The number of nitrogens with zero attached hydrogens (tertiary/aromatic N) is 2. The van der Waals surface area contributed by atoms with E-state index in [1.165, 1.54) is 10.9 Å². The van der Waals surface area contributed by atoms with Gasteiger partial charge in [0.2, 0.25) is 0 Å². The van der Waals surface area contributed by atoms with Crippen LogP contribution in [0.3, 0.4) is 0 Å². The molecule has 4 aromatic rings. The third-order valence-corrected chi connectivity index (χ3v) is 3.82. The van der Waals surface area contributed by atoms with Crippen molar-refractivity contribution in [1.82, 2.24) is 15.0 Å². The van der Waals surface area contributed by atoms with Crippen LogP contribution in [-0.4, -0.2) is 15.0 Å². The first-order valence-electron chi connectivity index (χ1n) is 7.19. The van der Waals surface area contributed by atoms with Gasteiger partial charge in [-0.1, -0.05) is 43.3 Å². The third-order valence-electron chi connectivity index (χ3n) is 3.82. The molecule has 0 saturated carbocycles. The molecule has 0 amide bonds. The Hall–Kier alpha value is -2.68. The Balaban J connectivity index is 1.93. The minimum absolute atomic E-state index is 0.823. The summed E-state index contributed by atoms with van der Waals surface area (Å²) in [7, 11) is 0. The van der Waals surface area contributed by atoms with Crippen LogP contribution in [0.15, 0.2) is 54.6 Å². The summed E-state index contributed by atoms with van der Waals surface area (Å²) in [4.78, 5) is 12.8. The van der Waals surface area contributed by atoms with Gasteiger partial charge in [0, 0.05) is 5.39 Å². The lowest BCUT2D eigenvalue weighted by Crippen LogP contribution is -1.91. The summed E-state index contributed by atoms with van der Waals surface area (Å²) in [5.74, 6) is 0.823. The molecule has 0 radical (unpaired) electrons. The second-order valence-electron chi connectivity index (χ2n) is 5.14. The second-order valence-corrected chi connectivity index (χ2v) is 5.14. The van der Waals surface area contributed by atoms with E-state index in [2.05, 4.69) is 41.2 Å². The number of aryl methyl sites for hydroxylation is 1. The Morgan fingerprint density at radius 1 is 0.905 bits per heavy atom. The van der Waals surface area contributed by atoms with Crippen LogP contribution in [0.5, 0.6) is 0 Å². The van der Waals surface area contributed by atoms with Gasteiger partial charge in [0.1, 0.15) is 5.69 Å². The van der Waals surface area contributed by atoms with E-state index in [1.54, 1.807) is 0 Å². The van der Waals surface area contributed by atoms with Gasteiger partial charge in [0.25, 0.3) is 0 Å². The summed E-state index contributed by atoms with van der Waals surface area (Å²) >= 11 is 0. The van der Waals surface area contributed by atoms with Crippen molar-refractivity contribution in [3.05, 3.63) is 60.2 Å². The van der Waals surface area contributed by atoms with Crippen LogP contribution in [0.2, 0.25) is 0 Å². The van der Waals surface area contributed by atoms with E-state index < -0.39 is 0 Å².